The quantitative estimate of drug-likeness (QED) is 0.0851. The van der Waals surface area contributed by atoms with E-state index in [0.29, 0.717) is 65.8 Å². The molecular weight excluding hydrogens is 741 g/mol. The molecule has 0 radical (unpaired) electrons. The van der Waals surface area contributed by atoms with Gasteiger partial charge in [0.25, 0.3) is 11.2 Å². The van der Waals surface area contributed by atoms with Crippen molar-refractivity contribution in [2.45, 2.75) is 26.5 Å². The van der Waals surface area contributed by atoms with Gasteiger partial charge in [-0.05, 0) is 83.5 Å². The molecule has 1 atom stereocenters. The third-order valence-corrected chi connectivity index (χ3v) is 8.86. The van der Waals surface area contributed by atoms with E-state index in [1.165, 1.54) is 48.5 Å². The summed E-state index contributed by atoms with van der Waals surface area (Å²) in [5, 5.41) is 11.2. The molecular formula is C33H30IN3O9S. The largest absolute Gasteiger partial charge is 0.493 e. The lowest BCUT2D eigenvalue weighted by atomic mass is 9.97. The average molecular weight is 772 g/mol. The van der Waals surface area contributed by atoms with Gasteiger partial charge in [0.1, 0.15) is 6.61 Å². The van der Waals surface area contributed by atoms with Gasteiger partial charge in [0.15, 0.2) is 27.8 Å². The van der Waals surface area contributed by atoms with Crippen LogP contribution in [-0.2, 0) is 16.1 Å². The van der Waals surface area contributed by atoms with Crippen molar-refractivity contribution in [3.63, 3.8) is 0 Å². The number of halogens is 1. The number of hydrogen-bond acceptors (Lipinski definition) is 11. The van der Waals surface area contributed by atoms with Gasteiger partial charge in [0, 0.05) is 18.3 Å². The molecule has 0 spiro atoms. The molecule has 12 nitrogen and oxygen atoms in total. The fourth-order valence-corrected chi connectivity index (χ4v) is 6.77. The summed E-state index contributed by atoms with van der Waals surface area (Å²) in [4.78, 5) is 42.5. The van der Waals surface area contributed by atoms with Gasteiger partial charge in [-0.15, -0.1) is 0 Å². The van der Waals surface area contributed by atoms with E-state index in [-0.39, 0.29) is 23.4 Å². The smallest absolute Gasteiger partial charge is 0.337 e. The van der Waals surface area contributed by atoms with Gasteiger partial charge in [-0.3, -0.25) is 19.5 Å². The third kappa shape index (κ3) is 7.17. The summed E-state index contributed by atoms with van der Waals surface area (Å²) in [6, 6.07) is 14.3. The van der Waals surface area contributed by atoms with E-state index < -0.39 is 16.9 Å². The second kappa shape index (κ2) is 14.8. The van der Waals surface area contributed by atoms with E-state index in [9.17, 15) is 19.7 Å². The van der Waals surface area contributed by atoms with Crippen molar-refractivity contribution in [3.8, 4) is 23.0 Å². The summed E-state index contributed by atoms with van der Waals surface area (Å²) >= 11 is 3.30. The van der Waals surface area contributed by atoms with Crippen molar-refractivity contribution in [3.05, 3.63) is 116 Å². The number of thiazole rings is 1. The lowest BCUT2D eigenvalue weighted by Gasteiger charge is -2.23. The molecule has 0 saturated carbocycles. The summed E-state index contributed by atoms with van der Waals surface area (Å²) in [7, 11) is 2.78. The number of carbonyl (C=O) groups is 1. The Morgan fingerprint density at radius 3 is 2.51 bits per heavy atom. The Labute approximate surface area is 286 Å². The molecule has 0 saturated heterocycles. The molecule has 5 rings (SSSR count). The number of rotatable bonds is 12. The number of nitro benzene ring substituents is 1. The molecule has 0 bridgehead atoms. The van der Waals surface area contributed by atoms with E-state index in [1.807, 2.05) is 19.9 Å². The molecule has 14 heteroatoms. The summed E-state index contributed by atoms with van der Waals surface area (Å²) in [5.41, 5.74) is 1.74. The van der Waals surface area contributed by atoms with Crippen LogP contribution in [0.1, 0.15) is 36.6 Å². The molecule has 2 heterocycles. The molecule has 1 aliphatic heterocycles. The highest BCUT2D eigenvalue weighted by Crippen LogP contribution is 2.36. The van der Waals surface area contributed by atoms with Crippen LogP contribution in [0, 0.1) is 13.7 Å². The topological polar surface area (TPSA) is 141 Å². The standard InChI is InChI=1S/C33H30IN3O9S/c1-5-44-25-11-10-21(16-26(25)45-6-2)29-23(32(39)43-4)17-35-33-36(29)31(38)28(47-33)15-20-13-24(34)30(27(14-20)42-3)46-18-19-8-7-9-22(12-19)37(40)41/h7-17,29H,5-6,18H2,1-4H3/b28-15-/t29-/m1/s1. The van der Waals surface area contributed by atoms with Crippen LogP contribution in [0.3, 0.4) is 0 Å². The van der Waals surface area contributed by atoms with Gasteiger partial charge in [-0.2, -0.15) is 0 Å². The van der Waals surface area contributed by atoms with Crippen LogP contribution in [0.5, 0.6) is 23.0 Å². The number of ether oxygens (including phenoxy) is 5. The minimum Gasteiger partial charge on any atom is -0.493 e. The fraction of sp³-hybridized carbons (Fsp3) is 0.242. The van der Waals surface area contributed by atoms with Gasteiger partial charge in [-0.25, -0.2) is 9.79 Å². The number of nitrogens with zero attached hydrogens (tertiary/aromatic N) is 3. The zero-order valence-corrected chi connectivity index (χ0v) is 28.8. The van der Waals surface area contributed by atoms with Crippen molar-refractivity contribution in [1.82, 2.24) is 4.57 Å². The molecule has 244 valence electrons. The van der Waals surface area contributed by atoms with Gasteiger partial charge in [-0.1, -0.05) is 29.5 Å². The van der Waals surface area contributed by atoms with E-state index in [0.717, 1.165) is 0 Å². The predicted octanol–water partition coefficient (Wildman–Crippen LogP) is 4.92. The Bertz CT molecular complexity index is 2050. The van der Waals surface area contributed by atoms with Crippen LogP contribution in [0.15, 0.2) is 76.2 Å². The Hall–Kier alpha value is -4.70. The number of hydrogen-bond donors (Lipinski definition) is 0. The fourth-order valence-electron chi connectivity index (χ4n) is 5.02. The Balaban J connectivity index is 1.54. The Morgan fingerprint density at radius 1 is 1.04 bits per heavy atom. The first-order chi connectivity index (χ1) is 22.7. The lowest BCUT2D eigenvalue weighted by Crippen LogP contribution is -2.39. The number of aromatic nitrogens is 1. The molecule has 0 unspecified atom stereocenters. The number of non-ortho nitro benzene ring substituents is 1. The van der Waals surface area contributed by atoms with E-state index >= 15 is 0 Å². The number of carbonyl (C=O) groups excluding carboxylic acids is 1. The minimum absolute atomic E-state index is 0.0252. The number of nitro groups is 1. The normalized spacial score (nSPS) is 14.0. The van der Waals surface area contributed by atoms with Crippen molar-refractivity contribution < 1.29 is 33.4 Å². The maximum absolute atomic E-state index is 14.0. The zero-order chi connectivity index (χ0) is 33.7. The van der Waals surface area contributed by atoms with Crippen LogP contribution < -0.4 is 33.8 Å². The molecule has 0 N–H and O–H groups in total. The Morgan fingerprint density at radius 2 is 1.81 bits per heavy atom. The van der Waals surface area contributed by atoms with E-state index in [1.54, 1.807) is 42.5 Å². The number of methoxy groups -OCH3 is 2. The van der Waals surface area contributed by atoms with Crippen molar-refractivity contribution in [1.29, 1.82) is 0 Å². The lowest BCUT2D eigenvalue weighted by molar-refractivity contribution is -0.384. The summed E-state index contributed by atoms with van der Waals surface area (Å²) in [6.45, 7) is 4.66. The van der Waals surface area contributed by atoms with Gasteiger partial charge >= 0.3 is 5.97 Å². The molecule has 47 heavy (non-hydrogen) atoms. The van der Waals surface area contributed by atoms with Crippen LogP contribution in [0.25, 0.3) is 6.08 Å². The van der Waals surface area contributed by atoms with Gasteiger partial charge < -0.3 is 23.7 Å². The van der Waals surface area contributed by atoms with Crippen molar-refractivity contribution in [2.24, 2.45) is 4.99 Å². The molecule has 1 aliphatic rings. The number of benzene rings is 3. The van der Waals surface area contributed by atoms with Crippen LogP contribution in [0.4, 0.5) is 5.69 Å². The number of fused-ring (bicyclic) bond motifs is 1. The SMILES string of the molecule is CCOc1ccc([C@@H]2C(C(=O)OC)=CN=c3s/c(=C\c4cc(I)c(OCc5cccc([N+](=O)[O-])c5)c(OC)c4)c(=O)n32)cc1OCC. The highest BCUT2D eigenvalue weighted by Gasteiger charge is 2.31. The summed E-state index contributed by atoms with van der Waals surface area (Å²) in [5.74, 6) is 1.31. The first kappa shape index (κ1) is 33.7. The third-order valence-electron chi connectivity index (χ3n) is 7.06. The van der Waals surface area contributed by atoms with Crippen LogP contribution in [0.2, 0.25) is 0 Å². The van der Waals surface area contributed by atoms with E-state index in [4.69, 9.17) is 23.7 Å². The molecule has 0 aliphatic carbocycles. The molecule has 1 aromatic heterocycles. The zero-order valence-electron chi connectivity index (χ0n) is 25.9. The monoisotopic (exact) mass is 771 g/mol. The first-order valence-electron chi connectivity index (χ1n) is 14.4. The molecule has 3 aromatic carbocycles. The Kier molecular flexibility index (Phi) is 10.6. The average Bonchev–Trinajstić information content (AvgIpc) is 3.38. The summed E-state index contributed by atoms with van der Waals surface area (Å²) in [6.07, 6.45) is 3.16. The highest BCUT2D eigenvalue weighted by atomic mass is 127. The maximum Gasteiger partial charge on any atom is 0.337 e. The van der Waals surface area contributed by atoms with Gasteiger partial charge in [0.2, 0.25) is 0 Å². The molecule has 4 aromatic rings. The predicted molar refractivity (Wildman–Crippen MR) is 183 cm³/mol. The second-order valence-electron chi connectivity index (χ2n) is 10.00. The second-order valence-corrected chi connectivity index (χ2v) is 12.2. The van der Waals surface area contributed by atoms with Gasteiger partial charge in [0.05, 0.1) is 52.1 Å². The minimum atomic E-state index is -0.824. The summed E-state index contributed by atoms with van der Waals surface area (Å²) < 4.78 is 30.8. The first-order valence-corrected chi connectivity index (χ1v) is 16.3. The van der Waals surface area contributed by atoms with Crippen molar-refractivity contribution in [2.75, 3.05) is 27.4 Å². The molecule has 0 amide bonds. The van der Waals surface area contributed by atoms with Crippen LogP contribution >= 0.6 is 33.9 Å². The number of esters is 1. The van der Waals surface area contributed by atoms with Crippen LogP contribution in [-0.4, -0.2) is 42.9 Å². The maximum atomic E-state index is 14.0. The van der Waals surface area contributed by atoms with E-state index in [2.05, 4.69) is 27.6 Å². The highest BCUT2D eigenvalue weighted by molar-refractivity contribution is 14.1. The van der Waals surface area contributed by atoms with Crippen molar-refractivity contribution >= 4 is 51.7 Å². The molecule has 0 fully saturated rings.